The van der Waals surface area contributed by atoms with Crippen LogP contribution in [-0.4, -0.2) is 42.4 Å². The van der Waals surface area contributed by atoms with Crippen LogP contribution in [0.3, 0.4) is 0 Å². The maximum atomic E-state index is 13.1. The summed E-state index contributed by atoms with van der Waals surface area (Å²) in [6, 6.07) is 7.21. The Hall–Kier alpha value is -3.88. The first-order valence-electron chi connectivity index (χ1n) is 9.70. The lowest BCUT2D eigenvalue weighted by Crippen LogP contribution is -2.36. The van der Waals surface area contributed by atoms with Crippen molar-refractivity contribution in [1.82, 2.24) is 10.3 Å². The van der Waals surface area contributed by atoms with E-state index in [9.17, 15) is 14.4 Å². The number of para-hydroxylation sites is 2. The molecule has 31 heavy (non-hydrogen) atoms. The molecule has 9 heteroatoms. The topological polar surface area (TPSA) is 122 Å². The van der Waals surface area contributed by atoms with E-state index >= 15 is 0 Å². The lowest BCUT2D eigenvalue weighted by atomic mass is 10.1. The Morgan fingerprint density at radius 3 is 2.48 bits per heavy atom. The Morgan fingerprint density at radius 1 is 1.10 bits per heavy atom. The van der Waals surface area contributed by atoms with E-state index in [0.717, 1.165) is 0 Å². The molecular formula is C22H24N4O5. The minimum absolute atomic E-state index is 0.0460. The fourth-order valence-corrected chi connectivity index (χ4v) is 3.39. The summed E-state index contributed by atoms with van der Waals surface area (Å²) in [4.78, 5) is 45.2. The molecule has 0 saturated carbocycles. The number of carbonyl (C=O) groups is 3. The van der Waals surface area contributed by atoms with Crippen molar-refractivity contribution in [3.8, 4) is 0 Å². The minimum atomic E-state index is -0.617. The summed E-state index contributed by atoms with van der Waals surface area (Å²) in [6.07, 6.45) is 0. The van der Waals surface area contributed by atoms with E-state index in [-0.39, 0.29) is 23.7 Å². The van der Waals surface area contributed by atoms with Gasteiger partial charge >= 0.3 is 11.9 Å². The Balaban J connectivity index is 2.05. The highest BCUT2D eigenvalue weighted by Gasteiger charge is 2.28. The number of nitrogens with one attached hydrogen (secondary N) is 3. The van der Waals surface area contributed by atoms with Crippen LogP contribution in [0.25, 0.3) is 0 Å². The molecular weight excluding hydrogens is 400 g/mol. The zero-order valence-electron chi connectivity index (χ0n) is 18.0. The molecule has 0 bridgehead atoms. The molecule has 162 valence electrons. The monoisotopic (exact) mass is 424 g/mol. The number of ether oxygens (including phenoxy) is 2. The summed E-state index contributed by atoms with van der Waals surface area (Å²) < 4.78 is 9.97. The number of rotatable bonds is 4. The van der Waals surface area contributed by atoms with Gasteiger partial charge in [-0.2, -0.15) is 0 Å². The van der Waals surface area contributed by atoms with Crippen LogP contribution in [0.1, 0.15) is 46.0 Å². The largest absolute Gasteiger partial charge is 0.465 e. The lowest BCUT2D eigenvalue weighted by Gasteiger charge is -2.13. The third-order valence-corrected chi connectivity index (χ3v) is 4.84. The predicted octanol–water partition coefficient (Wildman–Crippen LogP) is 3.14. The van der Waals surface area contributed by atoms with Crippen LogP contribution in [-0.2, 0) is 14.3 Å². The van der Waals surface area contributed by atoms with Gasteiger partial charge in [0, 0.05) is 11.4 Å². The van der Waals surface area contributed by atoms with Crippen LogP contribution in [0.5, 0.6) is 0 Å². The Kier molecular flexibility index (Phi) is 6.24. The molecule has 0 saturated heterocycles. The van der Waals surface area contributed by atoms with Crippen molar-refractivity contribution in [2.24, 2.45) is 4.99 Å². The van der Waals surface area contributed by atoms with E-state index in [0.29, 0.717) is 33.9 Å². The molecule has 1 amide bonds. The normalized spacial score (nSPS) is 12.9. The highest BCUT2D eigenvalue weighted by atomic mass is 16.5. The van der Waals surface area contributed by atoms with Crippen LogP contribution in [0.15, 0.2) is 40.5 Å². The van der Waals surface area contributed by atoms with Gasteiger partial charge in [-0.05, 0) is 45.4 Å². The van der Waals surface area contributed by atoms with E-state index in [4.69, 9.17) is 9.47 Å². The van der Waals surface area contributed by atoms with Gasteiger partial charge in [0.15, 0.2) is 0 Å². The van der Waals surface area contributed by atoms with Crippen LogP contribution < -0.4 is 10.6 Å². The first-order valence-corrected chi connectivity index (χ1v) is 9.70. The quantitative estimate of drug-likeness (QED) is 0.648. The van der Waals surface area contributed by atoms with Crippen LogP contribution in [0, 0.1) is 13.8 Å². The molecule has 0 aliphatic carbocycles. The molecule has 2 heterocycles. The van der Waals surface area contributed by atoms with Gasteiger partial charge < -0.3 is 25.1 Å². The van der Waals surface area contributed by atoms with Crippen molar-refractivity contribution >= 4 is 35.1 Å². The molecule has 1 aromatic heterocycles. The standard InChI is InChI=1S/C22H24N4O5/c1-6-31-22(29)17-13(4)23-14-9-7-8-10-15(14)25-19(17)26-20(27)18-11(2)16(12(3)24-18)21(28)30-5/h7-10,23-24H,6H2,1-5H3,(H,25,26,27). The Morgan fingerprint density at radius 2 is 1.81 bits per heavy atom. The van der Waals surface area contributed by atoms with Gasteiger partial charge in [0.25, 0.3) is 5.91 Å². The summed E-state index contributed by atoms with van der Waals surface area (Å²) in [5, 5.41) is 5.85. The zero-order valence-corrected chi connectivity index (χ0v) is 18.0. The molecule has 0 spiro atoms. The predicted molar refractivity (Wildman–Crippen MR) is 116 cm³/mol. The summed E-state index contributed by atoms with van der Waals surface area (Å²) >= 11 is 0. The number of benzene rings is 1. The van der Waals surface area contributed by atoms with E-state index in [1.165, 1.54) is 7.11 Å². The number of esters is 2. The van der Waals surface area contributed by atoms with Crippen molar-refractivity contribution in [3.63, 3.8) is 0 Å². The molecule has 0 radical (unpaired) electrons. The molecule has 0 fully saturated rings. The second-order valence-corrected chi connectivity index (χ2v) is 6.89. The number of fused-ring (bicyclic) bond motifs is 1. The number of amidine groups is 1. The number of aryl methyl sites for hydroxylation is 1. The fourth-order valence-electron chi connectivity index (χ4n) is 3.39. The van der Waals surface area contributed by atoms with E-state index < -0.39 is 17.8 Å². The van der Waals surface area contributed by atoms with Crippen LogP contribution in [0.2, 0.25) is 0 Å². The Labute approximate surface area is 179 Å². The smallest absolute Gasteiger partial charge is 0.343 e. The SMILES string of the molecule is CCOC(=O)C1=C(C)Nc2ccccc2N=C1NC(=O)c1[nH]c(C)c(C(=O)OC)c1C. The van der Waals surface area contributed by atoms with Gasteiger partial charge in [0.05, 0.1) is 30.7 Å². The van der Waals surface area contributed by atoms with E-state index in [1.807, 2.05) is 12.1 Å². The molecule has 0 atom stereocenters. The first kappa shape index (κ1) is 21.8. The summed E-state index contributed by atoms with van der Waals surface area (Å²) in [5.74, 6) is -1.67. The molecule has 3 N–H and O–H groups in total. The van der Waals surface area contributed by atoms with Gasteiger partial charge in [-0.3, -0.25) is 4.79 Å². The van der Waals surface area contributed by atoms with Crippen molar-refractivity contribution in [1.29, 1.82) is 0 Å². The molecule has 3 rings (SSSR count). The summed E-state index contributed by atoms with van der Waals surface area (Å²) in [5.41, 5.74) is 3.23. The first-order chi connectivity index (χ1) is 14.8. The summed E-state index contributed by atoms with van der Waals surface area (Å²) in [7, 11) is 1.28. The number of anilines is 1. The third kappa shape index (κ3) is 4.20. The number of H-pyrrole nitrogens is 1. The average molecular weight is 424 g/mol. The zero-order chi connectivity index (χ0) is 22.7. The van der Waals surface area contributed by atoms with Gasteiger partial charge in [0.2, 0.25) is 0 Å². The van der Waals surface area contributed by atoms with E-state index in [2.05, 4.69) is 20.6 Å². The molecule has 1 aliphatic rings. The maximum Gasteiger partial charge on any atom is 0.343 e. The van der Waals surface area contributed by atoms with Crippen LogP contribution in [0.4, 0.5) is 11.4 Å². The average Bonchev–Trinajstić information content (AvgIpc) is 2.94. The number of aromatic nitrogens is 1. The van der Waals surface area contributed by atoms with Gasteiger partial charge in [0.1, 0.15) is 17.1 Å². The number of aliphatic imine (C=N–C) groups is 1. The fraction of sp³-hybridized carbons (Fsp3) is 0.273. The maximum absolute atomic E-state index is 13.1. The highest BCUT2D eigenvalue weighted by molar-refractivity contribution is 6.25. The molecule has 1 aromatic carbocycles. The molecule has 0 unspecified atom stereocenters. The second kappa shape index (κ2) is 8.86. The number of hydrogen-bond donors (Lipinski definition) is 3. The van der Waals surface area contributed by atoms with Crippen LogP contribution >= 0.6 is 0 Å². The molecule has 9 nitrogen and oxygen atoms in total. The molecule has 2 aromatic rings. The third-order valence-electron chi connectivity index (χ3n) is 4.84. The number of hydrogen-bond acceptors (Lipinski definition) is 7. The number of allylic oxidation sites excluding steroid dienone is 1. The van der Waals surface area contributed by atoms with Gasteiger partial charge in [-0.25, -0.2) is 14.6 Å². The lowest BCUT2D eigenvalue weighted by molar-refractivity contribution is -0.137. The minimum Gasteiger partial charge on any atom is -0.465 e. The number of amides is 1. The number of nitrogens with zero attached hydrogens (tertiary/aromatic N) is 1. The number of methoxy groups -OCH3 is 1. The number of carbonyl (C=O) groups excluding carboxylic acids is 3. The Bertz CT molecular complexity index is 1130. The van der Waals surface area contributed by atoms with E-state index in [1.54, 1.807) is 39.8 Å². The number of aromatic amines is 1. The van der Waals surface area contributed by atoms with Crippen molar-refractivity contribution in [2.75, 3.05) is 19.0 Å². The van der Waals surface area contributed by atoms with Crippen molar-refractivity contribution in [2.45, 2.75) is 27.7 Å². The summed E-state index contributed by atoms with van der Waals surface area (Å²) in [6.45, 7) is 6.88. The second-order valence-electron chi connectivity index (χ2n) is 6.89. The highest BCUT2D eigenvalue weighted by Crippen LogP contribution is 2.30. The molecule has 1 aliphatic heterocycles. The van der Waals surface area contributed by atoms with Crippen molar-refractivity contribution < 1.29 is 23.9 Å². The van der Waals surface area contributed by atoms with Gasteiger partial charge in [-0.15, -0.1) is 0 Å². The van der Waals surface area contributed by atoms with Gasteiger partial charge in [-0.1, -0.05) is 12.1 Å². The van der Waals surface area contributed by atoms with Crippen molar-refractivity contribution in [3.05, 3.63) is 58.1 Å².